The first kappa shape index (κ1) is 7.41. The van der Waals surface area contributed by atoms with Crippen LogP contribution < -0.4 is 0 Å². The third-order valence-corrected chi connectivity index (χ3v) is 4.47. The fourth-order valence-corrected chi connectivity index (χ4v) is 3.74. The van der Waals surface area contributed by atoms with Crippen molar-refractivity contribution in [3.8, 4) is 0 Å². The standard InChI is InChI=1S/C5H9NOS2/c1-5(2)4(6-7)8-3-9-5/h4H,3H2,1-2H3. The molecule has 1 unspecified atom stereocenters. The fraction of sp³-hybridized carbons (Fsp3) is 1.00. The van der Waals surface area contributed by atoms with Gasteiger partial charge in [0.2, 0.25) is 0 Å². The summed E-state index contributed by atoms with van der Waals surface area (Å²) in [7, 11) is 0. The highest BCUT2D eigenvalue weighted by Gasteiger charge is 2.37. The molecule has 1 aliphatic heterocycles. The molecule has 0 aromatic carbocycles. The summed E-state index contributed by atoms with van der Waals surface area (Å²) in [6.07, 6.45) is 0. The van der Waals surface area contributed by atoms with Crippen LogP contribution in [0.1, 0.15) is 13.8 Å². The SMILES string of the molecule is CC1(C)SCSC1N=O. The predicted molar refractivity (Wildman–Crippen MR) is 43.7 cm³/mol. The van der Waals surface area contributed by atoms with Crippen molar-refractivity contribution in [2.45, 2.75) is 24.0 Å². The van der Waals surface area contributed by atoms with Crippen molar-refractivity contribution in [2.24, 2.45) is 5.18 Å². The summed E-state index contributed by atoms with van der Waals surface area (Å²) in [5.41, 5.74) is 0. The van der Waals surface area contributed by atoms with E-state index in [2.05, 4.69) is 19.0 Å². The van der Waals surface area contributed by atoms with E-state index < -0.39 is 0 Å². The first-order valence-corrected chi connectivity index (χ1v) is 4.78. The van der Waals surface area contributed by atoms with Crippen LogP contribution in [0.5, 0.6) is 0 Å². The van der Waals surface area contributed by atoms with Gasteiger partial charge in [0.05, 0.1) is 0 Å². The van der Waals surface area contributed by atoms with Gasteiger partial charge in [-0.25, -0.2) is 0 Å². The lowest BCUT2D eigenvalue weighted by Gasteiger charge is -2.17. The number of hydrogen-bond donors (Lipinski definition) is 0. The number of nitrogens with zero attached hydrogens (tertiary/aromatic N) is 1. The molecule has 0 bridgehead atoms. The van der Waals surface area contributed by atoms with Gasteiger partial charge < -0.3 is 0 Å². The number of rotatable bonds is 1. The van der Waals surface area contributed by atoms with Crippen molar-refractivity contribution in [3.05, 3.63) is 4.91 Å². The Bertz CT molecular complexity index is 126. The van der Waals surface area contributed by atoms with Crippen LogP contribution in [-0.4, -0.2) is 15.2 Å². The molecule has 0 aromatic heterocycles. The summed E-state index contributed by atoms with van der Waals surface area (Å²) in [6, 6.07) is 0. The Labute approximate surface area is 63.1 Å². The highest BCUT2D eigenvalue weighted by molar-refractivity contribution is 8.20. The van der Waals surface area contributed by atoms with Crippen LogP contribution in [0.2, 0.25) is 0 Å². The fourth-order valence-electron chi connectivity index (χ4n) is 0.680. The second-order valence-electron chi connectivity index (χ2n) is 2.49. The monoisotopic (exact) mass is 163 g/mol. The molecule has 9 heavy (non-hydrogen) atoms. The molecule has 2 nitrogen and oxygen atoms in total. The van der Waals surface area contributed by atoms with Crippen LogP contribution in [0, 0.1) is 4.91 Å². The molecule has 1 saturated heterocycles. The van der Waals surface area contributed by atoms with E-state index in [-0.39, 0.29) is 10.1 Å². The highest BCUT2D eigenvalue weighted by atomic mass is 32.2. The minimum absolute atomic E-state index is 0.0394. The third-order valence-electron chi connectivity index (χ3n) is 1.35. The van der Waals surface area contributed by atoms with E-state index in [0.717, 1.165) is 5.08 Å². The van der Waals surface area contributed by atoms with Crippen molar-refractivity contribution >= 4 is 23.5 Å². The lowest BCUT2D eigenvalue weighted by atomic mass is 10.2. The summed E-state index contributed by atoms with van der Waals surface area (Å²) < 4.78 is 0.0619. The Morgan fingerprint density at radius 3 is 2.56 bits per heavy atom. The minimum Gasteiger partial charge on any atom is -0.150 e. The van der Waals surface area contributed by atoms with Gasteiger partial charge in [-0.2, -0.15) is 0 Å². The quantitative estimate of drug-likeness (QED) is 0.555. The Hall–Kier alpha value is 0.300. The van der Waals surface area contributed by atoms with Crippen LogP contribution in [0.15, 0.2) is 5.18 Å². The van der Waals surface area contributed by atoms with Crippen LogP contribution in [0.4, 0.5) is 0 Å². The van der Waals surface area contributed by atoms with Gasteiger partial charge >= 0.3 is 0 Å². The second kappa shape index (κ2) is 2.50. The van der Waals surface area contributed by atoms with Gasteiger partial charge in [-0.05, 0) is 13.8 Å². The maximum atomic E-state index is 10.1. The van der Waals surface area contributed by atoms with E-state index in [4.69, 9.17) is 0 Å². The zero-order valence-electron chi connectivity index (χ0n) is 5.46. The zero-order chi connectivity index (χ0) is 6.91. The smallest absolute Gasteiger partial charge is 0.150 e. The van der Waals surface area contributed by atoms with E-state index in [0.29, 0.717) is 0 Å². The lowest BCUT2D eigenvalue weighted by Crippen LogP contribution is -2.22. The van der Waals surface area contributed by atoms with Crippen molar-refractivity contribution in [1.29, 1.82) is 0 Å². The van der Waals surface area contributed by atoms with Crippen molar-refractivity contribution in [2.75, 3.05) is 5.08 Å². The Morgan fingerprint density at radius 1 is 1.67 bits per heavy atom. The predicted octanol–water partition coefficient (Wildman–Crippen LogP) is 2.30. The molecule has 1 atom stereocenters. The molecule has 1 rings (SSSR count). The molecule has 0 saturated carbocycles. The van der Waals surface area contributed by atoms with E-state index >= 15 is 0 Å². The Morgan fingerprint density at radius 2 is 2.33 bits per heavy atom. The molecule has 0 aliphatic carbocycles. The largest absolute Gasteiger partial charge is 0.152 e. The zero-order valence-corrected chi connectivity index (χ0v) is 7.09. The highest BCUT2D eigenvalue weighted by Crippen LogP contribution is 2.45. The van der Waals surface area contributed by atoms with Crippen LogP contribution in [0.25, 0.3) is 0 Å². The summed E-state index contributed by atoms with van der Waals surface area (Å²) in [5.74, 6) is 0. The van der Waals surface area contributed by atoms with Gasteiger partial charge in [0.15, 0.2) is 5.37 Å². The van der Waals surface area contributed by atoms with E-state index in [9.17, 15) is 4.91 Å². The summed E-state index contributed by atoms with van der Waals surface area (Å²) in [6.45, 7) is 4.12. The number of nitroso groups, excluding NO2 is 1. The summed E-state index contributed by atoms with van der Waals surface area (Å²) in [4.78, 5) is 10.1. The molecule has 0 radical (unpaired) electrons. The lowest BCUT2D eigenvalue weighted by molar-refractivity contribution is 0.689. The molecular formula is C5H9NOS2. The second-order valence-corrected chi connectivity index (χ2v) is 5.55. The number of thioether (sulfide) groups is 2. The molecule has 0 aromatic rings. The molecule has 1 heterocycles. The van der Waals surface area contributed by atoms with E-state index in [1.807, 2.05) is 0 Å². The molecule has 4 heteroatoms. The van der Waals surface area contributed by atoms with Crippen molar-refractivity contribution in [1.82, 2.24) is 0 Å². The van der Waals surface area contributed by atoms with Gasteiger partial charge in [-0.3, -0.25) is 0 Å². The maximum Gasteiger partial charge on any atom is 0.152 e. The van der Waals surface area contributed by atoms with Crippen molar-refractivity contribution < 1.29 is 0 Å². The maximum absolute atomic E-state index is 10.1. The minimum atomic E-state index is -0.0394. The van der Waals surface area contributed by atoms with E-state index in [1.165, 1.54) is 0 Å². The molecule has 52 valence electrons. The van der Waals surface area contributed by atoms with Gasteiger partial charge in [0.1, 0.15) is 0 Å². The summed E-state index contributed by atoms with van der Waals surface area (Å²) in [5, 5.41) is 4.00. The van der Waals surface area contributed by atoms with E-state index in [1.54, 1.807) is 23.5 Å². The van der Waals surface area contributed by atoms with Gasteiger partial charge in [-0.1, -0.05) is 5.18 Å². The van der Waals surface area contributed by atoms with Crippen LogP contribution >= 0.6 is 23.5 Å². The Balaban J connectivity index is 2.62. The Kier molecular flexibility index (Phi) is 2.06. The average Bonchev–Trinajstić information content (AvgIpc) is 2.08. The average molecular weight is 163 g/mol. The number of hydrogen-bond acceptors (Lipinski definition) is 4. The van der Waals surface area contributed by atoms with Crippen LogP contribution in [0.3, 0.4) is 0 Å². The first-order valence-electron chi connectivity index (χ1n) is 2.75. The van der Waals surface area contributed by atoms with Crippen LogP contribution in [-0.2, 0) is 0 Å². The van der Waals surface area contributed by atoms with Gasteiger partial charge in [0, 0.05) is 9.83 Å². The van der Waals surface area contributed by atoms with Gasteiger partial charge in [0.25, 0.3) is 0 Å². The first-order chi connectivity index (χ1) is 4.17. The molecule has 0 N–H and O–H groups in total. The molecule has 0 amide bonds. The van der Waals surface area contributed by atoms with Crippen molar-refractivity contribution in [3.63, 3.8) is 0 Å². The normalized spacial score (nSPS) is 32.4. The molecular weight excluding hydrogens is 154 g/mol. The third kappa shape index (κ3) is 1.41. The molecule has 1 fully saturated rings. The molecule has 1 aliphatic rings. The summed E-state index contributed by atoms with van der Waals surface area (Å²) >= 11 is 3.43. The molecule has 0 spiro atoms. The topological polar surface area (TPSA) is 29.4 Å². The van der Waals surface area contributed by atoms with Gasteiger partial charge in [-0.15, -0.1) is 28.4 Å².